The summed E-state index contributed by atoms with van der Waals surface area (Å²) < 4.78 is 38.2. The molecule has 0 spiro atoms. The Morgan fingerprint density at radius 3 is 2.57 bits per heavy atom. The highest BCUT2D eigenvalue weighted by molar-refractivity contribution is 9.10. The number of amides is 1. The van der Waals surface area contributed by atoms with E-state index in [2.05, 4.69) is 26.2 Å². The van der Waals surface area contributed by atoms with Crippen molar-refractivity contribution in [3.8, 4) is 0 Å². The zero-order valence-electron chi connectivity index (χ0n) is 10.6. The molecule has 3 nitrogen and oxygen atoms in total. The lowest BCUT2D eigenvalue weighted by Crippen LogP contribution is -2.24. The van der Waals surface area contributed by atoms with Gasteiger partial charge in [0.1, 0.15) is 10.3 Å². The first-order valence-electron chi connectivity index (χ1n) is 5.93. The predicted octanol–water partition coefficient (Wildman–Crippen LogP) is 3.79. The van der Waals surface area contributed by atoms with E-state index < -0.39 is 17.6 Å². The molecule has 0 fully saturated rings. The van der Waals surface area contributed by atoms with E-state index in [1.54, 1.807) is 12.1 Å². The maximum Gasteiger partial charge on any atom is 0.416 e. The Hall–Kier alpha value is -1.89. The van der Waals surface area contributed by atoms with Gasteiger partial charge < -0.3 is 5.32 Å². The number of nitrogens with zero attached hydrogens (tertiary/aromatic N) is 1. The molecule has 1 heterocycles. The summed E-state index contributed by atoms with van der Waals surface area (Å²) in [6.45, 7) is -0.00303. The molecule has 1 N–H and O–H groups in total. The maximum absolute atomic E-state index is 12.6. The topological polar surface area (TPSA) is 42.0 Å². The number of carbonyl (C=O) groups is 1. The first kappa shape index (κ1) is 15.5. The number of nitrogens with one attached hydrogen (secondary N) is 1. The van der Waals surface area contributed by atoms with E-state index in [9.17, 15) is 18.0 Å². The molecule has 0 radical (unpaired) electrons. The van der Waals surface area contributed by atoms with Crippen molar-refractivity contribution in [2.45, 2.75) is 12.7 Å². The summed E-state index contributed by atoms with van der Waals surface area (Å²) in [7, 11) is 0. The van der Waals surface area contributed by atoms with Crippen molar-refractivity contribution >= 4 is 21.8 Å². The molecule has 1 aromatic heterocycles. The molecule has 2 aromatic rings. The minimum absolute atomic E-state index is 0.00303. The van der Waals surface area contributed by atoms with Crippen molar-refractivity contribution in [3.63, 3.8) is 0 Å². The standard InChI is InChI=1S/C14H10BrF3N2O/c15-12-6-2-5-11(20-12)13(21)19-8-9-3-1-4-10(7-9)14(16,17)18/h1-7H,8H2,(H,19,21). The number of rotatable bonds is 3. The monoisotopic (exact) mass is 358 g/mol. The summed E-state index contributed by atoms with van der Waals surface area (Å²) in [6, 6.07) is 9.66. The Bertz CT molecular complexity index is 659. The highest BCUT2D eigenvalue weighted by Crippen LogP contribution is 2.29. The lowest BCUT2D eigenvalue weighted by atomic mass is 10.1. The fourth-order valence-electron chi connectivity index (χ4n) is 1.67. The summed E-state index contributed by atoms with van der Waals surface area (Å²) in [6.07, 6.45) is -4.40. The maximum atomic E-state index is 12.6. The highest BCUT2D eigenvalue weighted by atomic mass is 79.9. The average molecular weight is 359 g/mol. The van der Waals surface area contributed by atoms with E-state index in [4.69, 9.17) is 0 Å². The van der Waals surface area contributed by atoms with E-state index in [1.165, 1.54) is 18.2 Å². The van der Waals surface area contributed by atoms with Crippen LogP contribution in [0.15, 0.2) is 47.1 Å². The summed E-state index contributed by atoms with van der Waals surface area (Å²) >= 11 is 3.14. The second-order valence-corrected chi connectivity index (χ2v) is 5.04. The van der Waals surface area contributed by atoms with Crippen LogP contribution in [-0.2, 0) is 12.7 Å². The molecular formula is C14H10BrF3N2O. The van der Waals surface area contributed by atoms with Crippen molar-refractivity contribution < 1.29 is 18.0 Å². The van der Waals surface area contributed by atoms with Gasteiger partial charge >= 0.3 is 6.18 Å². The second kappa shape index (κ2) is 6.26. The Kier molecular flexibility index (Phi) is 4.62. The van der Waals surface area contributed by atoms with Crippen LogP contribution in [0.1, 0.15) is 21.6 Å². The van der Waals surface area contributed by atoms with Gasteiger partial charge in [0.05, 0.1) is 5.56 Å². The SMILES string of the molecule is O=C(NCc1cccc(C(F)(F)F)c1)c1cccc(Br)n1. The van der Waals surface area contributed by atoms with E-state index in [0.29, 0.717) is 10.2 Å². The minimum Gasteiger partial charge on any atom is -0.347 e. The van der Waals surface area contributed by atoms with E-state index >= 15 is 0 Å². The van der Waals surface area contributed by atoms with Crippen molar-refractivity contribution in [1.29, 1.82) is 0 Å². The molecular weight excluding hydrogens is 349 g/mol. The summed E-state index contributed by atoms with van der Waals surface area (Å²) in [4.78, 5) is 15.8. The molecule has 1 aromatic carbocycles. The van der Waals surface area contributed by atoms with Gasteiger partial charge in [-0.3, -0.25) is 4.79 Å². The molecule has 0 unspecified atom stereocenters. The molecule has 1 amide bonds. The predicted molar refractivity (Wildman–Crippen MR) is 74.6 cm³/mol. The number of hydrogen-bond donors (Lipinski definition) is 1. The summed E-state index contributed by atoms with van der Waals surface area (Å²) in [5.41, 5.74) is -0.181. The van der Waals surface area contributed by atoms with Gasteiger partial charge in [0, 0.05) is 6.54 Å². The van der Waals surface area contributed by atoms with Crippen LogP contribution in [0.5, 0.6) is 0 Å². The number of hydrogen-bond acceptors (Lipinski definition) is 2. The van der Waals surface area contributed by atoms with E-state index in [0.717, 1.165) is 12.1 Å². The van der Waals surface area contributed by atoms with Crippen LogP contribution in [-0.4, -0.2) is 10.9 Å². The van der Waals surface area contributed by atoms with Crippen LogP contribution >= 0.6 is 15.9 Å². The normalized spacial score (nSPS) is 11.2. The molecule has 0 aliphatic carbocycles. The van der Waals surface area contributed by atoms with Crippen LogP contribution in [0, 0.1) is 0 Å². The summed E-state index contributed by atoms with van der Waals surface area (Å²) in [5.74, 6) is -0.450. The van der Waals surface area contributed by atoms with Crippen LogP contribution < -0.4 is 5.32 Å². The molecule has 110 valence electrons. The molecule has 0 aliphatic rings. The number of aromatic nitrogens is 1. The molecule has 0 aliphatic heterocycles. The minimum atomic E-state index is -4.40. The fourth-order valence-corrected chi connectivity index (χ4v) is 2.01. The molecule has 0 saturated heterocycles. The number of pyridine rings is 1. The molecule has 2 rings (SSSR count). The quantitative estimate of drug-likeness (QED) is 0.848. The first-order chi connectivity index (χ1) is 9.86. The fraction of sp³-hybridized carbons (Fsp3) is 0.143. The lowest BCUT2D eigenvalue weighted by Gasteiger charge is -2.09. The van der Waals surface area contributed by atoms with Crippen molar-refractivity contribution in [2.24, 2.45) is 0 Å². The third-order valence-electron chi connectivity index (χ3n) is 2.66. The van der Waals surface area contributed by atoms with Gasteiger partial charge in [0.15, 0.2) is 0 Å². The number of benzene rings is 1. The average Bonchev–Trinajstić information content (AvgIpc) is 2.44. The Balaban J connectivity index is 2.05. The largest absolute Gasteiger partial charge is 0.416 e. The van der Waals surface area contributed by atoms with Gasteiger partial charge in [0.2, 0.25) is 0 Å². The van der Waals surface area contributed by atoms with Gasteiger partial charge in [0.25, 0.3) is 5.91 Å². The first-order valence-corrected chi connectivity index (χ1v) is 6.72. The van der Waals surface area contributed by atoms with Gasteiger partial charge in [-0.15, -0.1) is 0 Å². The Morgan fingerprint density at radius 2 is 1.90 bits per heavy atom. The third-order valence-corrected chi connectivity index (χ3v) is 3.10. The van der Waals surface area contributed by atoms with Crippen LogP contribution in [0.2, 0.25) is 0 Å². The van der Waals surface area contributed by atoms with Crippen molar-refractivity contribution in [1.82, 2.24) is 10.3 Å². The smallest absolute Gasteiger partial charge is 0.347 e. The van der Waals surface area contributed by atoms with E-state index in [-0.39, 0.29) is 12.2 Å². The lowest BCUT2D eigenvalue weighted by molar-refractivity contribution is -0.137. The molecule has 0 atom stereocenters. The number of halogens is 4. The van der Waals surface area contributed by atoms with Gasteiger partial charge in [-0.2, -0.15) is 13.2 Å². The Morgan fingerprint density at radius 1 is 1.19 bits per heavy atom. The Labute approximate surface area is 127 Å². The van der Waals surface area contributed by atoms with Gasteiger partial charge in [-0.1, -0.05) is 18.2 Å². The van der Waals surface area contributed by atoms with Crippen LogP contribution in [0.4, 0.5) is 13.2 Å². The third kappa shape index (κ3) is 4.29. The van der Waals surface area contributed by atoms with Crippen molar-refractivity contribution in [2.75, 3.05) is 0 Å². The van der Waals surface area contributed by atoms with Crippen LogP contribution in [0.25, 0.3) is 0 Å². The summed E-state index contributed by atoms with van der Waals surface area (Å²) in [5, 5.41) is 2.53. The van der Waals surface area contributed by atoms with E-state index in [1.807, 2.05) is 0 Å². The number of carbonyl (C=O) groups excluding carboxylic acids is 1. The second-order valence-electron chi connectivity index (χ2n) is 4.23. The molecule has 21 heavy (non-hydrogen) atoms. The van der Waals surface area contributed by atoms with Crippen molar-refractivity contribution in [3.05, 3.63) is 63.9 Å². The zero-order valence-corrected chi connectivity index (χ0v) is 12.2. The molecule has 0 saturated carbocycles. The van der Waals surface area contributed by atoms with Gasteiger partial charge in [-0.05, 0) is 45.8 Å². The molecule has 0 bridgehead atoms. The van der Waals surface area contributed by atoms with Crippen LogP contribution in [0.3, 0.4) is 0 Å². The zero-order chi connectivity index (χ0) is 15.5. The van der Waals surface area contributed by atoms with Gasteiger partial charge in [-0.25, -0.2) is 4.98 Å². The molecule has 7 heteroatoms. The number of alkyl halides is 3. The highest BCUT2D eigenvalue weighted by Gasteiger charge is 2.30.